The summed E-state index contributed by atoms with van der Waals surface area (Å²) in [6.45, 7) is 5.44. The highest BCUT2D eigenvalue weighted by Crippen LogP contribution is 2.21. The van der Waals surface area contributed by atoms with Crippen LogP contribution in [0.5, 0.6) is 0 Å². The predicted octanol–water partition coefficient (Wildman–Crippen LogP) is 2.43. The summed E-state index contributed by atoms with van der Waals surface area (Å²) in [7, 11) is 4.15. The number of nitrogens with zero attached hydrogens (tertiary/aromatic N) is 4. The van der Waals surface area contributed by atoms with E-state index in [1.165, 1.54) is 5.56 Å². The Morgan fingerprint density at radius 2 is 2.00 bits per heavy atom. The van der Waals surface area contributed by atoms with Gasteiger partial charge in [-0.05, 0) is 38.2 Å². The van der Waals surface area contributed by atoms with Crippen molar-refractivity contribution < 1.29 is 4.74 Å². The van der Waals surface area contributed by atoms with Crippen LogP contribution < -0.4 is 4.90 Å². The molecule has 23 heavy (non-hydrogen) atoms. The molecule has 0 radical (unpaired) electrons. The maximum atomic E-state index is 5.57. The third-order valence-electron chi connectivity index (χ3n) is 3.92. The number of rotatable bonds is 4. The standard InChI is InChI=1S/C18H24N4O/c1-14-12-22(7-8-23-14)18-19-10-17(11-20-18)16-6-4-5-15(9-16)13-21(2)3/h4-6,9-11,14H,7-8,12-13H2,1-3H3. The summed E-state index contributed by atoms with van der Waals surface area (Å²) < 4.78 is 5.57. The van der Waals surface area contributed by atoms with Crippen LogP contribution in [-0.2, 0) is 11.3 Å². The molecule has 3 rings (SSSR count). The van der Waals surface area contributed by atoms with Crippen LogP contribution in [0.3, 0.4) is 0 Å². The maximum absolute atomic E-state index is 5.57. The molecular formula is C18H24N4O. The van der Waals surface area contributed by atoms with Crippen LogP contribution in [-0.4, -0.2) is 54.8 Å². The Morgan fingerprint density at radius 1 is 1.22 bits per heavy atom. The third-order valence-corrected chi connectivity index (χ3v) is 3.92. The van der Waals surface area contributed by atoms with E-state index in [1.54, 1.807) is 0 Å². The Hall–Kier alpha value is -1.98. The van der Waals surface area contributed by atoms with Gasteiger partial charge in [-0.25, -0.2) is 9.97 Å². The molecule has 1 aromatic carbocycles. The lowest BCUT2D eigenvalue weighted by molar-refractivity contribution is 0.0526. The zero-order valence-electron chi connectivity index (χ0n) is 14.1. The highest BCUT2D eigenvalue weighted by Gasteiger charge is 2.18. The fraction of sp³-hybridized carbons (Fsp3) is 0.444. The number of benzene rings is 1. The Kier molecular flexibility index (Phi) is 4.88. The van der Waals surface area contributed by atoms with Gasteiger partial charge in [0.25, 0.3) is 0 Å². The summed E-state index contributed by atoms with van der Waals surface area (Å²) in [5, 5.41) is 0. The first-order valence-corrected chi connectivity index (χ1v) is 8.04. The van der Waals surface area contributed by atoms with E-state index in [0.29, 0.717) is 0 Å². The van der Waals surface area contributed by atoms with Crippen LogP contribution in [0.25, 0.3) is 11.1 Å². The van der Waals surface area contributed by atoms with Crippen molar-refractivity contribution in [2.45, 2.75) is 19.6 Å². The average Bonchev–Trinajstić information content (AvgIpc) is 2.55. The van der Waals surface area contributed by atoms with Gasteiger partial charge in [0.05, 0.1) is 12.7 Å². The number of aromatic nitrogens is 2. The van der Waals surface area contributed by atoms with E-state index < -0.39 is 0 Å². The minimum atomic E-state index is 0.231. The number of hydrogen-bond acceptors (Lipinski definition) is 5. The van der Waals surface area contributed by atoms with E-state index in [1.807, 2.05) is 12.4 Å². The van der Waals surface area contributed by atoms with Crippen molar-refractivity contribution >= 4 is 5.95 Å². The zero-order chi connectivity index (χ0) is 16.2. The number of morpholine rings is 1. The minimum absolute atomic E-state index is 0.231. The predicted molar refractivity (Wildman–Crippen MR) is 92.5 cm³/mol. The third kappa shape index (κ3) is 4.06. The molecule has 5 nitrogen and oxygen atoms in total. The molecule has 0 amide bonds. The molecule has 1 saturated heterocycles. The molecule has 1 atom stereocenters. The molecule has 1 aliphatic heterocycles. The van der Waals surface area contributed by atoms with E-state index >= 15 is 0 Å². The van der Waals surface area contributed by atoms with E-state index in [2.05, 4.69) is 65.1 Å². The van der Waals surface area contributed by atoms with Crippen LogP contribution in [0.4, 0.5) is 5.95 Å². The highest BCUT2D eigenvalue weighted by atomic mass is 16.5. The van der Waals surface area contributed by atoms with Gasteiger partial charge in [-0.3, -0.25) is 0 Å². The first kappa shape index (κ1) is 15.9. The van der Waals surface area contributed by atoms with Crippen molar-refractivity contribution in [3.8, 4) is 11.1 Å². The van der Waals surface area contributed by atoms with Crippen LogP contribution in [0.2, 0.25) is 0 Å². The number of anilines is 1. The van der Waals surface area contributed by atoms with Gasteiger partial charge in [-0.1, -0.05) is 18.2 Å². The maximum Gasteiger partial charge on any atom is 0.225 e. The molecule has 1 fully saturated rings. The fourth-order valence-corrected chi connectivity index (χ4v) is 2.85. The quantitative estimate of drug-likeness (QED) is 0.867. The van der Waals surface area contributed by atoms with Crippen molar-refractivity contribution in [3.05, 3.63) is 42.2 Å². The average molecular weight is 312 g/mol. The molecule has 0 spiro atoms. The normalized spacial score (nSPS) is 18.4. The highest BCUT2D eigenvalue weighted by molar-refractivity contribution is 5.63. The monoisotopic (exact) mass is 312 g/mol. The fourth-order valence-electron chi connectivity index (χ4n) is 2.85. The van der Waals surface area contributed by atoms with Gasteiger partial charge in [0, 0.05) is 37.6 Å². The lowest BCUT2D eigenvalue weighted by atomic mass is 10.1. The largest absolute Gasteiger partial charge is 0.375 e. The second kappa shape index (κ2) is 7.06. The van der Waals surface area contributed by atoms with Crippen molar-refractivity contribution in [2.75, 3.05) is 38.7 Å². The lowest BCUT2D eigenvalue weighted by Gasteiger charge is -2.31. The van der Waals surface area contributed by atoms with E-state index in [0.717, 1.165) is 43.3 Å². The first-order chi connectivity index (χ1) is 11.1. The molecule has 0 aliphatic carbocycles. The molecule has 0 saturated carbocycles. The molecule has 5 heteroatoms. The summed E-state index contributed by atoms with van der Waals surface area (Å²) >= 11 is 0. The molecular weight excluding hydrogens is 288 g/mol. The Bertz CT molecular complexity index is 642. The molecule has 1 aliphatic rings. The van der Waals surface area contributed by atoms with Crippen LogP contribution in [0.15, 0.2) is 36.7 Å². The molecule has 2 aromatic rings. The number of hydrogen-bond donors (Lipinski definition) is 0. The first-order valence-electron chi connectivity index (χ1n) is 8.04. The summed E-state index contributed by atoms with van der Waals surface area (Å²) in [4.78, 5) is 13.5. The number of ether oxygens (including phenoxy) is 1. The Morgan fingerprint density at radius 3 is 2.70 bits per heavy atom. The van der Waals surface area contributed by atoms with Crippen molar-refractivity contribution in [3.63, 3.8) is 0 Å². The SMILES string of the molecule is CC1CN(c2ncc(-c3cccc(CN(C)C)c3)cn2)CCO1. The molecule has 122 valence electrons. The van der Waals surface area contributed by atoms with Gasteiger partial charge in [0.15, 0.2) is 0 Å². The lowest BCUT2D eigenvalue weighted by Crippen LogP contribution is -2.41. The molecule has 0 bridgehead atoms. The van der Waals surface area contributed by atoms with E-state index in [9.17, 15) is 0 Å². The topological polar surface area (TPSA) is 41.5 Å². The summed E-state index contributed by atoms with van der Waals surface area (Å²) in [5.74, 6) is 0.786. The molecule has 1 aromatic heterocycles. The van der Waals surface area contributed by atoms with Gasteiger partial charge < -0.3 is 14.5 Å². The van der Waals surface area contributed by atoms with Crippen molar-refractivity contribution in [1.82, 2.24) is 14.9 Å². The van der Waals surface area contributed by atoms with E-state index in [4.69, 9.17) is 4.74 Å². The Balaban J connectivity index is 1.76. The molecule has 1 unspecified atom stereocenters. The van der Waals surface area contributed by atoms with Crippen LogP contribution >= 0.6 is 0 Å². The molecule has 0 N–H and O–H groups in total. The minimum Gasteiger partial charge on any atom is -0.375 e. The smallest absolute Gasteiger partial charge is 0.225 e. The van der Waals surface area contributed by atoms with Crippen LogP contribution in [0, 0.1) is 0 Å². The summed E-state index contributed by atoms with van der Waals surface area (Å²) in [6, 6.07) is 8.54. The van der Waals surface area contributed by atoms with E-state index in [-0.39, 0.29) is 6.10 Å². The second-order valence-corrected chi connectivity index (χ2v) is 6.34. The van der Waals surface area contributed by atoms with Gasteiger partial charge in [0.2, 0.25) is 5.95 Å². The van der Waals surface area contributed by atoms with Gasteiger partial charge in [-0.2, -0.15) is 0 Å². The molecule has 2 heterocycles. The van der Waals surface area contributed by atoms with Gasteiger partial charge >= 0.3 is 0 Å². The zero-order valence-corrected chi connectivity index (χ0v) is 14.1. The second-order valence-electron chi connectivity index (χ2n) is 6.34. The van der Waals surface area contributed by atoms with Crippen molar-refractivity contribution in [2.24, 2.45) is 0 Å². The van der Waals surface area contributed by atoms with Crippen LogP contribution in [0.1, 0.15) is 12.5 Å². The summed E-state index contributed by atoms with van der Waals surface area (Å²) in [6.07, 6.45) is 4.06. The van der Waals surface area contributed by atoms with Gasteiger partial charge in [0.1, 0.15) is 0 Å². The van der Waals surface area contributed by atoms with Crippen molar-refractivity contribution in [1.29, 1.82) is 0 Å². The Labute approximate surface area is 137 Å². The van der Waals surface area contributed by atoms with Gasteiger partial charge in [-0.15, -0.1) is 0 Å². The summed E-state index contributed by atoms with van der Waals surface area (Å²) in [5.41, 5.74) is 3.50.